The number of halogens is 2. The number of pyridine rings is 1. The van der Waals surface area contributed by atoms with Crippen molar-refractivity contribution >= 4 is 28.9 Å². The number of rotatable bonds is 3. The number of anilines is 1. The first kappa shape index (κ1) is 13.9. The lowest BCUT2D eigenvalue weighted by Gasteiger charge is -2.05. The maximum atomic E-state index is 12.9. The summed E-state index contributed by atoms with van der Waals surface area (Å²) in [4.78, 5) is 25.1. The van der Waals surface area contributed by atoms with Gasteiger partial charge < -0.3 is 5.32 Å². The Morgan fingerprint density at radius 3 is 2.70 bits per heavy atom. The second kappa shape index (κ2) is 5.62. The maximum Gasteiger partial charge on any atom is 0.288 e. The Morgan fingerprint density at radius 2 is 2.10 bits per heavy atom. The molecular weight excluding hydrogens is 289 g/mol. The summed E-state index contributed by atoms with van der Waals surface area (Å²) in [6.45, 7) is 0. The molecule has 1 amide bonds. The number of hydrogen-bond donors (Lipinski definition) is 1. The summed E-state index contributed by atoms with van der Waals surface area (Å²) in [5.74, 6) is -1.35. The molecule has 0 saturated heterocycles. The Hall–Kier alpha value is -2.54. The molecule has 6 nitrogen and oxygen atoms in total. The molecule has 2 rings (SSSR count). The number of hydrogen-bond acceptors (Lipinski definition) is 4. The normalized spacial score (nSPS) is 10.1. The number of carbonyl (C=O) groups is 1. The van der Waals surface area contributed by atoms with Crippen molar-refractivity contribution in [2.24, 2.45) is 0 Å². The van der Waals surface area contributed by atoms with Crippen molar-refractivity contribution < 1.29 is 14.1 Å². The predicted molar refractivity (Wildman–Crippen MR) is 70.3 cm³/mol. The smallest absolute Gasteiger partial charge is 0.288 e. The van der Waals surface area contributed by atoms with Crippen molar-refractivity contribution in [3.63, 3.8) is 0 Å². The first-order valence-corrected chi connectivity index (χ1v) is 5.72. The van der Waals surface area contributed by atoms with Crippen LogP contribution >= 0.6 is 11.6 Å². The molecule has 0 bridgehead atoms. The largest absolute Gasteiger partial charge is 0.322 e. The zero-order valence-corrected chi connectivity index (χ0v) is 10.6. The van der Waals surface area contributed by atoms with Gasteiger partial charge in [-0.05, 0) is 18.2 Å². The number of nitrogens with one attached hydrogen (secondary N) is 1. The average molecular weight is 296 g/mol. The third kappa shape index (κ3) is 3.07. The van der Waals surface area contributed by atoms with Crippen molar-refractivity contribution in [2.75, 3.05) is 5.32 Å². The molecule has 0 radical (unpaired) electrons. The standard InChI is InChI=1S/C12H7ClFN3O3/c13-9-6-8(1-2-10(9)17(19)20)16-12(18)7-3-4-15-11(14)5-7/h1-6H,(H,16,18). The van der Waals surface area contributed by atoms with Crippen molar-refractivity contribution in [2.45, 2.75) is 0 Å². The van der Waals surface area contributed by atoms with E-state index in [0.717, 1.165) is 12.3 Å². The number of nitrogens with zero attached hydrogens (tertiary/aromatic N) is 2. The van der Waals surface area contributed by atoms with Crippen molar-refractivity contribution in [3.8, 4) is 0 Å². The van der Waals surface area contributed by atoms with Crippen molar-refractivity contribution in [1.29, 1.82) is 0 Å². The molecule has 2 aromatic rings. The zero-order chi connectivity index (χ0) is 14.7. The molecule has 0 aliphatic rings. The summed E-state index contributed by atoms with van der Waals surface area (Å²) in [5.41, 5.74) is 0.0782. The van der Waals surface area contributed by atoms with E-state index in [4.69, 9.17) is 11.6 Å². The molecule has 1 N–H and O–H groups in total. The third-order valence-electron chi connectivity index (χ3n) is 2.39. The van der Waals surface area contributed by atoms with E-state index < -0.39 is 16.8 Å². The van der Waals surface area contributed by atoms with Crippen molar-refractivity contribution in [1.82, 2.24) is 4.98 Å². The van der Waals surface area contributed by atoms with Gasteiger partial charge in [0.25, 0.3) is 11.6 Å². The SMILES string of the molecule is O=C(Nc1ccc([N+](=O)[O-])c(Cl)c1)c1ccnc(F)c1. The number of aromatic nitrogens is 1. The monoisotopic (exact) mass is 295 g/mol. The highest BCUT2D eigenvalue weighted by Gasteiger charge is 2.14. The van der Waals surface area contributed by atoms with Gasteiger partial charge in [0.2, 0.25) is 5.95 Å². The molecule has 0 atom stereocenters. The van der Waals surface area contributed by atoms with Gasteiger partial charge >= 0.3 is 0 Å². The Balaban J connectivity index is 2.20. The van der Waals surface area contributed by atoms with Crippen LogP contribution in [-0.4, -0.2) is 15.8 Å². The van der Waals surface area contributed by atoms with Crippen LogP contribution in [0.25, 0.3) is 0 Å². The van der Waals surface area contributed by atoms with Gasteiger partial charge in [-0.3, -0.25) is 14.9 Å². The summed E-state index contributed by atoms with van der Waals surface area (Å²) in [7, 11) is 0. The minimum Gasteiger partial charge on any atom is -0.322 e. The highest BCUT2D eigenvalue weighted by Crippen LogP contribution is 2.27. The minimum absolute atomic E-state index is 0.0759. The summed E-state index contributed by atoms with van der Waals surface area (Å²) < 4.78 is 12.9. The summed E-state index contributed by atoms with van der Waals surface area (Å²) >= 11 is 5.72. The second-order valence-corrected chi connectivity index (χ2v) is 4.15. The fourth-order valence-corrected chi connectivity index (χ4v) is 1.73. The molecule has 0 spiro atoms. The van der Waals surface area contributed by atoms with Gasteiger partial charge in [-0.15, -0.1) is 0 Å². The molecule has 1 aromatic carbocycles. The van der Waals surface area contributed by atoms with Gasteiger partial charge in [0, 0.05) is 29.6 Å². The third-order valence-corrected chi connectivity index (χ3v) is 2.69. The van der Waals surface area contributed by atoms with E-state index in [2.05, 4.69) is 10.3 Å². The Labute approximate surface area is 117 Å². The summed E-state index contributed by atoms with van der Waals surface area (Å²) in [6, 6.07) is 6.06. The van der Waals surface area contributed by atoms with Crippen LogP contribution in [0.4, 0.5) is 15.8 Å². The number of nitro benzene ring substituents is 1. The van der Waals surface area contributed by atoms with Gasteiger partial charge in [-0.25, -0.2) is 4.98 Å². The molecule has 1 heterocycles. The van der Waals surface area contributed by atoms with Gasteiger partial charge in [0.05, 0.1) is 4.92 Å². The molecule has 8 heteroatoms. The lowest BCUT2D eigenvalue weighted by molar-refractivity contribution is -0.384. The lowest BCUT2D eigenvalue weighted by atomic mass is 10.2. The molecule has 1 aromatic heterocycles. The van der Waals surface area contributed by atoms with Crippen LogP contribution in [0.3, 0.4) is 0 Å². The molecule has 0 saturated carbocycles. The average Bonchev–Trinajstić information content (AvgIpc) is 2.38. The minimum atomic E-state index is -0.778. The van der Waals surface area contributed by atoms with Gasteiger partial charge in [0.1, 0.15) is 5.02 Å². The molecule has 0 aliphatic carbocycles. The van der Waals surface area contributed by atoms with E-state index in [0.29, 0.717) is 0 Å². The fraction of sp³-hybridized carbons (Fsp3) is 0. The molecule has 0 aliphatic heterocycles. The highest BCUT2D eigenvalue weighted by atomic mass is 35.5. The predicted octanol–water partition coefficient (Wildman–Crippen LogP) is 3.03. The zero-order valence-electron chi connectivity index (χ0n) is 9.84. The molecule has 20 heavy (non-hydrogen) atoms. The van der Waals surface area contributed by atoms with Crippen LogP contribution in [0, 0.1) is 16.1 Å². The van der Waals surface area contributed by atoms with Crippen LogP contribution in [0.1, 0.15) is 10.4 Å². The summed E-state index contributed by atoms with van der Waals surface area (Å²) in [6.07, 6.45) is 1.16. The number of carbonyl (C=O) groups excluding carboxylic acids is 1. The topological polar surface area (TPSA) is 85.1 Å². The van der Waals surface area contributed by atoms with Crippen LogP contribution in [-0.2, 0) is 0 Å². The Morgan fingerprint density at radius 1 is 1.35 bits per heavy atom. The van der Waals surface area contributed by atoms with Crippen molar-refractivity contribution in [3.05, 3.63) is 63.2 Å². The molecule has 102 valence electrons. The lowest BCUT2D eigenvalue weighted by Crippen LogP contribution is -2.12. The Kier molecular flexibility index (Phi) is 3.90. The molecule has 0 fully saturated rings. The van der Waals surface area contributed by atoms with Crippen LogP contribution in [0.5, 0.6) is 0 Å². The van der Waals surface area contributed by atoms with E-state index in [1.807, 2.05) is 0 Å². The van der Waals surface area contributed by atoms with E-state index >= 15 is 0 Å². The Bertz CT molecular complexity index is 693. The number of benzene rings is 1. The highest BCUT2D eigenvalue weighted by molar-refractivity contribution is 6.33. The van der Waals surface area contributed by atoms with Gasteiger partial charge in [-0.2, -0.15) is 4.39 Å². The van der Waals surface area contributed by atoms with Crippen LogP contribution < -0.4 is 5.32 Å². The first-order chi connectivity index (χ1) is 9.47. The first-order valence-electron chi connectivity index (χ1n) is 5.34. The van der Waals surface area contributed by atoms with E-state index in [1.165, 1.54) is 24.3 Å². The van der Waals surface area contributed by atoms with Crippen LogP contribution in [0.2, 0.25) is 5.02 Å². The van der Waals surface area contributed by atoms with E-state index in [9.17, 15) is 19.3 Å². The quantitative estimate of drug-likeness (QED) is 0.536. The maximum absolute atomic E-state index is 12.9. The number of nitro groups is 1. The molecule has 0 unspecified atom stereocenters. The molecular formula is C12H7ClFN3O3. The van der Waals surface area contributed by atoms with Crippen LogP contribution in [0.15, 0.2) is 36.5 Å². The summed E-state index contributed by atoms with van der Waals surface area (Å²) in [5, 5.41) is 12.9. The van der Waals surface area contributed by atoms with Gasteiger partial charge in [-0.1, -0.05) is 11.6 Å². The van der Waals surface area contributed by atoms with Gasteiger partial charge in [0.15, 0.2) is 0 Å². The second-order valence-electron chi connectivity index (χ2n) is 3.74. The van der Waals surface area contributed by atoms with E-state index in [-0.39, 0.29) is 22.0 Å². The fourth-order valence-electron chi connectivity index (χ4n) is 1.48. The number of amides is 1. The van der Waals surface area contributed by atoms with E-state index in [1.54, 1.807) is 0 Å².